The highest BCUT2D eigenvalue weighted by Gasteiger charge is 2.57. The van der Waals surface area contributed by atoms with Gasteiger partial charge in [0, 0.05) is 24.7 Å². The van der Waals surface area contributed by atoms with Crippen molar-refractivity contribution in [1.29, 1.82) is 0 Å². The summed E-state index contributed by atoms with van der Waals surface area (Å²) in [5.41, 5.74) is 1.72. The molecule has 2 aliphatic heterocycles. The Balaban J connectivity index is 2.21. The molecule has 0 radical (unpaired) electrons. The van der Waals surface area contributed by atoms with Crippen molar-refractivity contribution < 1.29 is 33.5 Å². The molecule has 176 valence electrons. The van der Waals surface area contributed by atoms with E-state index in [0.717, 1.165) is 15.6 Å². The lowest BCUT2D eigenvalue weighted by Gasteiger charge is -2.43. The van der Waals surface area contributed by atoms with Crippen molar-refractivity contribution in [2.24, 2.45) is 0 Å². The molecule has 0 unspecified atom stereocenters. The molecule has 3 rings (SSSR count). The largest absolute Gasteiger partial charge is 0.513 e. The first-order valence-electron chi connectivity index (χ1n) is 10.4. The van der Waals surface area contributed by atoms with E-state index in [0.29, 0.717) is 37.1 Å². The van der Waals surface area contributed by atoms with Gasteiger partial charge in [-0.1, -0.05) is 15.9 Å². The normalized spacial score (nSPS) is 18.6. The maximum absolute atomic E-state index is 13.8. The van der Waals surface area contributed by atoms with Crippen molar-refractivity contribution in [1.82, 2.24) is 10.1 Å². The van der Waals surface area contributed by atoms with Crippen molar-refractivity contribution in [2.75, 3.05) is 40.7 Å². The van der Waals surface area contributed by atoms with E-state index in [-0.39, 0.29) is 25.1 Å². The molecule has 1 aromatic rings. The SMILES string of the molecule is CCOC(=O)OC1=C(c2c(C)cc(Br)cc2C)C(=O)N(OCOC)C12CCN(OC)CC2. The Bertz CT molecular complexity index is 887. The predicted octanol–water partition coefficient (Wildman–Crippen LogP) is 3.72. The maximum Gasteiger partial charge on any atom is 0.513 e. The molecular weight excluding hydrogens is 484 g/mol. The molecule has 1 aromatic carbocycles. The highest BCUT2D eigenvalue weighted by Crippen LogP contribution is 2.48. The van der Waals surface area contributed by atoms with E-state index in [4.69, 9.17) is 23.9 Å². The molecule has 1 fully saturated rings. The molecule has 1 amide bonds. The first-order valence-corrected chi connectivity index (χ1v) is 11.2. The zero-order chi connectivity index (χ0) is 23.5. The van der Waals surface area contributed by atoms with Crippen LogP contribution >= 0.6 is 15.9 Å². The van der Waals surface area contributed by atoms with E-state index in [1.807, 2.05) is 26.0 Å². The summed E-state index contributed by atoms with van der Waals surface area (Å²) in [6.07, 6.45) is 0.00844. The Morgan fingerprint density at radius 3 is 2.31 bits per heavy atom. The molecule has 2 aliphatic rings. The quantitative estimate of drug-likeness (QED) is 0.403. The number of methoxy groups -OCH3 is 1. The summed E-state index contributed by atoms with van der Waals surface area (Å²) in [6.45, 7) is 6.57. The molecule has 2 heterocycles. The summed E-state index contributed by atoms with van der Waals surface area (Å²) in [4.78, 5) is 37.4. The van der Waals surface area contributed by atoms with Gasteiger partial charge in [0.1, 0.15) is 5.54 Å². The van der Waals surface area contributed by atoms with Crippen molar-refractivity contribution in [3.63, 3.8) is 0 Å². The van der Waals surface area contributed by atoms with Gasteiger partial charge >= 0.3 is 6.16 Å². The number of piperidine rings is 1. The van der Waals surface area contributed by atoms with Crippen LogP contribution in [0.5, 0.6) is 0 Å². The maximum atomic E-state index is 13.8. The van der Waals surface area contributed by atoms with Gasteiger partial charge in [0.25, 0.3) is 5.91 Å². The van der Waals surface area contributed by atoms with Crippen LogP contribution in [0.25, 0.3) is 5.57 Å². The van der Waals surface area contributed by atoms with Crippen molar-refractivity contribution in [3.05, 3.63) is 39.1 Å². The Kier molecular flexibility index (Phi) is 7.94. The number of hydrogen-bond acceptors (Lipinski definition) is 8. The van der Waals surface area contributed by atoms with E-state index < -0.39 is 11.7 Å². The van der Waals surface area contributed by atoms with Crippen molar-refractivity contribution in [3.8, 4) is 0 Å². The van der Waals surface area contributed by atoms with Crippen LogP contribution in [0.4, 0.5) is 4.79 Å². The topological polar surface area (TPSA) is 86.8 Å². The highest BCUT2D eigenvalue weighted by molar-refractivity contribution is 9.10. The van der Waals surface area contributed by atoms with Crippen LogP contribution in [0, 0.1) is 13.8 Å². The van der Waals surface area contributed by atoms with Crippen LogP contribution in [0.2, 0.25) is 0 Å². The Hall–Kier alpha value is -1.98. The van der Waals surface area contributed by atoms with E-state index in [9.17, 15) is 9.59 Å². The van der Waals surface area contributed by atoms with Crippen LogP contribution < -0.4 is 0 Å². The van der Waals surface area contributed by atoms with Gasteiger partial charge in [0.15, 0.2) is 12.6 Å². The lowest BCUT2D eigenvalue weighted by atomic mass is 9.85. The third-order valence-electron chi connectivity index (χ3n) is 5.74. The third kappa shape index (κ3) is 4.55. The van der Waals surface area contributed by atoms with Crippen LogP contribution in [-0.2, 0) is 28.7 Å². The zero-order valence-electron chi connectivity index (χ0n) is 19.0. The molecule has 10 heteroatoms. The molecule has 1 spiro atoms. The van der Waals surface area contributed by atoms with Gasteiger partial charge in [-0.3, -0.25) is 4.79 Å². The van der Waals surface area contributed by atoms with Crippen LogP contribution in [0.3, 0.4) is 0 Å². The molecule has 0 aromatic heterocycles. The van der Waals surface area contributed by atoms with Crippen molar-refractivity contribution >= 4 is 33.6 Å². The average molecular weight is 513 g/mol. The number of rotatable bonds is 7. The lowest BCUT2D eigenvalue weighted by Crippen LogP contribution is -2.55. The minimum absolute atomic E-state index is 0.125. The van der Waals surface area contributed by atoms with Crippen LogP contribution in [-0.4, -0.2) is 68.4 Å². The second kappa shape index (κ2) is 10.3. The Labute approximate surface area is 196 Å². The molecule has 0 N–H and O–H groups in total. The summed E-state index contributed by atoms with van der Waals surface area (Å²) in [5.74, 6) is -0.151. The van der Waals surface area contributed by atoms with Crippen molar-refractivity contribution in [2.45, 2.75) is 39.2 Å². The number of benzene rings is 1. The number of carbonyl (C=O) groups excluding carboxylic acids is 2. The predicted molar refractivity (Wildman–Crippen MR) is 119 cm³/mol. The van der Waals surface area contributed by atoms with Gasteiger partial charge in [-0.2, -0.15) is 5.06 Å². The van der Waals surface area contributed by atoms with Crippen LogP contribution in [0.15, 0.2) is 22.4 Å². The Morgan fingerprint density at radius 2 is 1.78 bits per heavy atom. The Morgan fingerprint density at radius 1 is 1.16 bits per heavy atom. The first kappa shape index (κ1) is 24.7. The second-order valence-corrected chi connectivity index (χ2v) is 8.60. The van der Waals surface area contributed by atoms with E-state index in [1.165, 1.54) is 12.2 Å². The molecule has 0 aliphatic carbocycles. The van der Waals surface area contributed by atoms with E-state index in [2.05, 4.69) is 15.9 Å². The van der Waals surface area contributed by atoms with Gasteiger partial charge in [0.2, 0.25) is 0 Å². The molecule has 9 nitrogen and oxygen atoms in total. The fraction of sp³-hybridized carbons (Fsp3) is 0.545. The van der Waals surface area contributed by atoms with E-state index >= 15 is 0 Å². The van der Waals surface area contributed by atoms with Gasteiger partial charge in [-0.15, -0.1) is 0 Å². The number of hydrogen-bond donors (Lipinski definition) is 0. The number of amides is 1. The smallest absolute Gasteiger partial charge is 0.434 e. The molecule has 0 atom stereocenters. The fourth-order valence-corrected chi connectivity index (χ4v) is 5.06. The third-order valence-corrected chi connectivity index (χ3v) is 6.20. The summed E-state index contributed by atoms with van der Waals surface area (Å²) < 4.78 is 16.8. The van der Waals surface area contributed by atoms with Gasteiger partial charge in [-0.25, -0.2) is 14.7 Å². The average Bonchev–Trinajstić information content (AvgIpc) is 2.94. The number of hydroxylamine groups is 4. The summed E-state index contributed by atoms with van der Waals surface area (Å²) >= 11 is 3.50. The molecular formula is C22H29BrN2O7. The summed E-state index contributed by atoms with van der Waals surface area (Å²) in [6, 6.07) is 3.84. The first-order chi connectivity index (χ1) is 15.3. The highest BCUT2D eigenvalue weighted by atomic mass is 79.9. The number of nitrogens with zero attached hydrogens (tertiary/aromatic N) is 2. The summed E-state index contributed by atoms with van der Waals surface area (Å²) in [5, 5.41) is 3.09. The second-order valence-electron chi connectivity index (χ2n) is 7.68. The number of halogens is 1. The fourth-order valence-electron chi connectivity index (χ4n) is 4.38. The monoisotopic (exact) mass is 512 g/mol. The minimum Gasteiger partial charge on any atom is -0.434 e. The number of carbonyl (C=O) groups is 2. The molecule has 1 saturated heterocycles. The van der Waals surface area contributed by atoms with Gasteiger partial charge in [-0.05, 0) is 62.4 Å². The number of ether oxygens (including phenoxy) is 3. The molecule has 0 bridgehead atoms. The molecule has 0 saturated carbocycles. The minimum atomic E-state index is -1.00. The van der Waals surface area contributed by atoms with E-state index in [1.54, 1.807) is 19.1 Å². The lowest BCUT2D eigenvalue weighted by molar-refractivity contribution is -0.260. The molecule has 32 heavy (non-hydrogen) atoms. The zero-order valence-corrected chi connectivity index (χ0v) is 20.6. The van der Waals surface area contributed by atoms with Crippen LogP contribution in [0.1, 0.15) is 36.5 Å². The summed E-state index contributed by atoms with van der Waals surface area (Å²) in [7, 11) is 3.08. The van der Waals surface area contributed by atoms with Gasteiger partial charge < -0.3 is 19.0 Å². The van der Waals surface area contributed by atoms with Gasteiger partial charge in [0.05, 0.1) is 19.3 Å². The standard InChI is InChI=1S/C22H29BrN2O7/c1-6-30-21(27)32-19-18(17-14(2)11-16(23)12-15(17)3)20(26)25(31-13-28-4)22(19)7-9-24(29-5)10-8-22/h11-12H,6-10,13H2,1-5H3. The number of aryl methyl sites for hydroxylation is 2.